The molecule has 0 aromatic carbocycles. The van der Waals surface area contributed by atoms with Gasteiger partial charge in [0.1, 0.15) is 5.65 Å². The van der Waals surface area contributed by atoms with Crippen LogP contribution in [0.1, 0.15) is 23.8 Å². The SMILES string of the molecule is O=c1ccn2cc(C3CCCS3)[nH]c2c1. The van der Waals surface area contributed by atoms with Gasteiger partial charge >= 0.3 is 0 Å². The second kappa shape index (κ2) is 3.45. The van der Waals surface area contributed by atoms with Gasteiger partial charge in [0, 0.05) is 35.5 Å². The van der Waals surface area contributed by atoms with Gasteiger partial charge in [-0.15, -0.1) is 0 Å². The van der Waals surface area contributed by atoms with Crippen molar-refractivity contribution >= 4 is 17.4 Å². The van der Waals surface area contributed by atoms with Gasteiger partial charge in [0.25, 0.3) is 0 Å². The molecule has 3 heterocycles. The van der Waals surface area contributed by atoms with Crippen LogP contribution in [0.4, 0.5) is 0 Å². The second-order valence-electron chi connectivity index (χ2n) is 3.87. The molecule has 1 saturated heterocycles. The number of hydrogen-bond acceptors (Lipinski definition) is 2. The highest BCUT2D eigenvalue weighted by Gasteiger charge is 2.19. The molecule has 0 spiro atoms. The molecule has 1 aliphatic rings. The zero-order valence-corrected chi connectivity index (χ0v) is 9.09. The summed E-state index contributed by atoms with van der Waals surface area (Å²) in [6.45, 7) is 0. The number of aromatic amines is 1. The highest BCUT2D eigenvalue weighted by atomic mass is 32.2. The van der Waals surface area contributed by atoms with Crippen molar-refractivity contribution in [2.45, 2.75) is 18.1 Å². The van der Waals surface area contributed by atoms with Gasteiger partial charge in [-0.3, -0.25) is 4.79 Å². The van der Waals surface area contributed by atoms with E-state index in [9.17, 15) is 4.79 Å². The van der Waals surface area contributed by atoms with E-state index in [1.165, 1.54) is 24.3 Å². The summed E-state index contributed by atoms with van der Waals surface area (Å²) in [6.07, 6.45) is 6.44. The van der Waals surface area contributed by atoms with Crippen LogP contribution in [0.15, 0.2) is 29.3 Å². The Labute approximate surface area is 91.5 Å². The molecule has 0 amide bonds. The fourth-order valence-corrected chi connectivity index (χ4v) is 3.27. The first-order chi connectivity index (χ1) is 7.33. The molecule has 78 valence electrons. The average Bonchev–Trinajstić information content (AvgIpc) is 2.84. The number of fused-ring (bicyclic) bond motifs is 1. The van der Waals surface area contributed by atoms with Crippen LogP contribution in [-0.2, 0) is 0 Å². The molecular weight excluding hydrogens is 208 g/mol. The van der Waals surface area contributed by atoms with Crippen LogP contribution >= 0.6 is 11.8 Å². The van der Waals surface area contributed by atoms with Crippen molar-refractivity contribution in [3.63, 3.8) is 0 Å². The van der Waals surface area contributed by atoms with Gasteiger partial charge in [0.15, 0.2) is 5.43 Å². The Bertz CT molecular complexity index is 537. The molecular formula is C11H12N2OS. The topological polar surface area (TPSA) is 37.3 Å². The summed E-state index contributed by atoms with van der Waals surface area (Å²) in [5, 5.41) is 0.583. The fourth-order valence-electron chi connectivity index (χ4n) is 2.02. The first kappa shape index (κ1) is 9.09. The average molecular weight is 220 g/mol. The normalized spacial score (nSPS) is 21.2. The van der Waals surface area contributed by atoms with E-state index in [1.807, 2.05) is 22.4 Å². The molecule has 1 N–H and O–H groups in total. The Morgan fingerprint density at radius 2 is 2.47 bits per heavy atom. The smallest absolute Gasteiger partial charge is 0.183 e. The molecule has 4 heteroatoms. The van der Waals surface area contributed by atoms with E-state index in [2.05, 4.69) is 11.2 Å². The molecule has 0 bridgehead atoms. The molecule has 15 heavy (non-hydrogen) atoms. The van der Waals surface area contributed by atoms with Crippen molar-refractivity contribution < 1.29 is 0 Å². The molecule has 1 atom stereocenters. The molecule has 1 unspecified atom stereocenters. The molecule has 3 rings (SSSR count). The number of H-pyrrole nitrogens is 1. The maximum Gasteiger partial charge on any atom is 0.183 e. The van der Waals surface area contributed by atoms with Gasteiger partial charge in [0.2, 0.25) is 0 Å². The van der Waals surface area contributed by atoms with Crippen molar-refractivity contribution in [1.82, 2.24) is 9.38 Å². The lowest BCUT2D eigenvalue weighted by atomic mass is 10.2. The summed E-state index contributed by atoms with van der Waals surface area (Å²) >= 11 is 1.99. The summed E-state index contributed by atoms with van der Waals surface area (Å²) in [5.74, 6) is 1.25. The quantitative estimate of drug-likeness (QED) is 0.800. The number of thioether (sulfide) groups is 1. The maximum absolute atomic E-state index is 11.2. The van der Waals surface area contributed by atoms with E-state index in [0.29, 0.717) is 5.25 Å². The number of hydrogen-bond donors (Lipinski definition) is 1. The van der Waals surface area contributed by atoms with E-state index < -0.39 is 0 Å². The Morgan fingerprint density at radius 1 is 1.53 bits per heavy atom. The minimum Gasteiger partial charge on any atom is -0.343 e. The minimum atomic E-state index is 0.0578. The molecule has 3 nitrogen and oxygen atoms in total. The predicted molar refractivity (Wildman–Crippen MR) is 62.5 cm³/mol. The number of nitrogens with zero attached hydrogens (tertiary/aromatic N) is 1. The summed E-state index contributed by atoms with van der Waals surface area (Å²) < 4.78 is 1.98. The molecule has 2 aromatic heterocycles. The van der Waals surface area contributed by atoms with E-state index in [4.69, 9.17) is 0 Å². The molecule has 1 fully saturated rings. The maximum atomic E-state index is 11.2. The van der Waals surface area contributed by atoms with Crippen LogP contribution in [0.5, 0.6) is 0 Å². The Balaban J connectivity index is 2.09. The summed E-state index contributed by atoms with van der Waals surface area (Å²) in [6, 6.07) is 3.23. The highest BCUT2D eigenvalue weighted by molar-refractivity contribution is 7.99. The van der Waals surface area contributed by atoms with Crippen molar-refractivity contribution in [3.05, 3.63) is 40.4 Å². The summed E-state index contributed by atoms with van der Waals surface area (Å²) in [4.78, 5) is 14.5. The van der Waals surface area contributed by atoms with Crippen molar-refractivity contribution in [3.8, 4) is 0 Å². The monoisotopic (exact) mass is 220 g/mol. The van der Waals surface area contributed by atoms with Crippen LogP contribution in [0.3, 0.4) is 0 Å². The van der Waals surface area contributed by atoms with Gasteiger partial charge < -0.3 is 9.38 Å². The zero-order valence-electron chi connectivity index (χ0n) is 8.27. The Morgan fingerprint density at radius 3 is 3.27 bits per heavy atom. The number of aromatic nitrogens is 2. The third kappa shape index (κ3) is 1.59. The van der Waals surface area contributed by atoms with E-state index in [0.717, 1.165) is 5.65 Å². The van der Waals surface area contributed by atoms with Crippen LogP contribution in [-0.4, -0.2) is 15.1 Å². The van der Waals surface area contributed by atoms with Crippen LogP contribution in [0, 0.1) is 0 Å². The van der Waals surface area contributed by atoms with Gasteiger partial charge in [-0.25, -0.2) is 0 Å². The predicted octanol–water partition coefficient (Wildman–Crippen LogP) is 2.20. The Hall–Kier alpha value is -1.16. The van der Waals surface area contributed by atoms with Crippen LogP contribution in [0.2, 0.25) is 0 Å². The van der Waals surface area contributed by atoms with Gasteiger partial charge in [-0.1, -0.05) is 0 Å². The van der Waals surface area contributed by atoms with Gasteiger partial charge in [-0.05, 0) is 18.6 Å². The van der Waals surface area contributed by atoms with Crippen molar-refractivity contribution in [1.29, 1.82) is 0 Å². The Kier molecular flexibility index (Phi) is 2.09. The second-order valence-corrected chi connectivity index (χ2v) is 5.18. The van der Waals surface area contributed by atoms with Crippen molar-refractivity contribution in [2.75, 3.05) is 5.75 Å². The number of imidazole rings is 1. The lowest BCUT2D eigenvalue weighted by Gasteiger charge is -2.02. The van der Waals surface area contributed by atoms with E-state index in [-0.39, 0.29) is 5.43 Å². The van der Waals surface area contributed by atoms with E-state index >= 15 is 0 Å². The minimum absolute atomic E-state index is 0.0578. The van der Waals surface area contributed by atoms with E-state index in [1.54, 1.807) is 12.1 Å². The first-order valence-corrected chi connectivity index (χ1v) is 6.20. The standard InChI is InChI=1S/C11H12N2OS/c14-8-3-4-13-7-9(12-11(13)6-8)10-2-1-5-15-10/h3-4,6-7,10,12H,1-2,5H2. The lowest BCUT2D eigenvalue weighted by molar-refractivity contribution is 0.813. The van der Waals surface area contributed by atoms with Crippen LogP contribution in [0.25, 0.3) is 5.65 Å². The largest absolute Gasteiger partial charge is 0.343 e. The first-order valence-electron chi connectivity index (χ1n) is 5.15. The fraction of sp³-hybridized carbons (Fsp3) is 0.364. The summed E-state index contributed by atoms with van der Waals surface area (Å²) in [7, 11) is 0. The molecule has 2 aromatic rings. The lowest BCUT2D eigenvalue weighted by Crippen LogP contribution is -1.97. The van der Waals surface area contributed by atoms with Gasteiger partial charge in [-0.2, -0.15) is 11.8 Å². The summed E-state index contributed by atoms with van der Waals surface area (Å²) in [5.41, 5.74) is 2.19. The van der Waals surface area contributed by atoms with Gasteiger partial charge in [0.05, 0.1) is 0 Å². The number of rotatable bonds is 1. The zero-order chi connectivity index (χ0) is 10.3. The number of pyridine rings is 1. The highest BCUT2D eigenvalue weighted by Crippen LogP contribution is 2.39. The third-order valence-corrected chi connectivity index (χ3v) is 4.20. The third-order valence-electron chi connectivity index (χ3n) is 2.78. The van der Waals surface area contributed by atoms with Crippen molar-refractivity contribution in [2.24, 2.45) is 0 Å². The van der Waals surface area contributed by atoms with Crippen LogP contribution < -0.4 is 5.43 Å². The molecule has 0 aliphatic carbocycles. The molecule has 0 saturated carbocycles. The molecule has 0 radical (unpaired) electrons. The number of nitrogens with one attached hydrogen (secondary N) is 1. The molecule has 1 aliphatic heterocycles.